The zero-order chi connectivity index (χ0) is 23.1. The molecular weight excluding hydrogens is 428 g/mol. The third kappa shape index (κ3) is 6.31. The summed E-state index contributed by atoms with van der Waals surface area (Å²) in [5.74, 6) is 0.251. The number of nitrogens with zero attached hydrogens (tertiary/aromatic N) is 1. The van der Waals surface area contributed by atoms with Crippen molar-refractivity contribution in [1.29, 1.82) is 0 Å². The predicted octanol–water partition coefficient (Wildman–Crippen LogP) is 3.63. The molecule has 7 nitrogen and oxygen atoms in total. The SMILES string of the molecule is CCc1ccc(CCC(=O)Nc2cc(S(=O)(=O)N3CCOCC3)ccc2OC(C)C)cc1. The fraction of sp³-hybridized carbons (Fsp3) is 0.458. The molecule has 2 aromatic carbocycles. The number of hydrogen-bond donors (Lipinski definition) is 1. The van der Waals surface area contributed by atoms with Crippen LogP contribution in [0.4, 0.5) is 5.69 Å². The summed E-state index contributed by atoms with van der Waals surface area (Å²) in [6, 6.07) is 12.8. The van der Waals surface area contributed by atoms with E-state index < -0.39 is 10.0 Å². The van der Waals surface area contributed by atoms with Gasteiger partial charge in [0.15, 0.2) is 0 Å². The van der Waals surface area contributed by atoms with E-state index >= 15 is 0 Å². The summed E-state index contributed by atoms with van der Waals surface area (Å²) in [5, 5.41) is 2.85. The molecule has 32 heavy (non-hydrogen) atoms. The Morgan fingerprint density at radius 3 is 2.38 bits per heavy atom. The maximum atomic E-state index is 13.0. The first kappa shape index (κ1) is 24.2. The summed E-state index contributed by atoms with van der Waals surface area (Å²) in [7, 11) is -3.68. The molecule has 0 aliphatic carbocycles. The first-order chi connectivity index (χ1) is 15.3. The van der Waals surface area contributed by atoms with Gasteiger partial charge in [0.25, 0.3) is 0 Å². The van der Waals surface area contributed by atoms with Gasteiger partial charge in [0.05, 0.1) is 29.9 Å². The molecule has 1 saturated heterocycles. The van der Waals surface area contributed by atoms with Gasteiger partial charge in [-0.3, -0.25) is 4.79 Å². The summed E-state index contributed by atoms with van der Waals surface area (Å²) in [5.41, 5.74) is 2.70. The fourth-order valence-electron chi connectivity index (χ4n) is 3.47. The van der Waals surface area contributed by atoms with E-state index in [0.717, 1.165) is 12.0 Å². The number of rotatable bonds is 9. The number of hydrogen-bond acceptors (Lipinski definition) is 5. The quantitative estimate of drug-likeness (QED) is 0.618. The van der Waals surface area contributed by atoms with Crippen LogP contribution in [0.3, 0.4) is 0 Å². The zero-order valence-electron chi connectivity index (χ0n) is 19.0. The molecule has 1 aliphatic heterocycles. The smallest absolute Gasteiger partial charge is 0.243 e. The van der Waals surface area contributed by atoms with Crippen molar-refractivity contribution in [2.24, 2.45) is 0 Å². The highest BCUT2D eigenvalue weighted by atomic mass is 32.2. The first-order valence-corrected chi connectivity index (χ1v) is 12.5. The van der Waals surface area contributed by atoms with E-state index in [1.54, 1.807) is 6.07 Å². The molecular formula is C24H32N2O5S. The Bertz CT molecular complexity index is 1010. The van der Waals surface area contributed by atoms with Gasteiger partial charge in [-0.2, -0.15) is 4.31 Å². The van der Waals surface area contributed by atoms with Crippen LogP contribution in [0.2, 0.25) is 0 Å². The number of carbonyl (C=O) groups excluding carboxylic acids is 1. The highest BCUT2D eigenvalue weighted by Gasteiger charge is 2.27. The van der Waals surface area contributed by atoms with Gasteiger partial charge in [-0.1, -0.05) is 31.2 Å². The Kier molecular flexibility index (Phi) is 8.28. The molecule has 3 rings (SSSR count). The number of amides is 1. The van der Waals surface area contributed by atoms with Crippen molar-refractivity contribution in [3.63, 3.8) is 0 Å². The molecule has 174 valence electrons. The van der Waals surface area contributed by atoms with E-state index in [1.807, 2.05) is 26.0 Å². The van der Waals surface area contributed by atoms with E-state index in [2.05, 4.69) is 24.4 Å². The number of nitrogens with one attached hydrogen (secondary N) is 1. The van der Waals surface area contributed by atoms with Crippen LogP contribution >= 0.6 is 0 Å². The minimum Gasteiger partial charge on any atom is -0.489 e. The third-order valence-electron chi connectivity index (χ3n) is 5.27. The van der Waals surface area contributed by atoms with Crippen molar-refractivity contribution in [2.45, 2.75) is 51.0 Å². The standard InChI is InChI=1S/C24H32N2O5S/c1-4-19-5-7-20(8-6-19)9-12-24(27)25-22-17-21(10-11-23(22)31-18(2)3)32(28,29)26-13-15-30-16-14-26/h5-8,10-11,17-18H,4,9,12-16H2,1-3H3,(H,25,27). The van der Waals surface area contributed by atoms with E-state index in [9.17, 15) is 13.2 Å². The number of sulfonamides is 1. The largest absolute Gasteiger partial charge is 0.489 e. The molecule has 8 heteroatoms. The molecule has 0 bridgehead atoms. The second-order valence-corrected chi connectivity index (χ2v) is 10.00. The van der Waals surface area contributed by atoms with E-state index in [0.29, 0.717) is 44.2 Å². The monoisotopic (exact) mass is 460 g/mol. The van der Waals surface area contributed by atoms with E-state index in [4.69, 9.17) is 9.47 Å². The van der Waals surface area contributed by atoms with Gasteiger partial charge in [0.1, 0.15) is 5.75 Å². The Balaban J connectivity index is 1.76. The summed E-state index contributed by atoms with van der Waals surface area (Å²) < 4.78 is 38.5. The molecule has 0 radical (unpaired) electrons. The maximum absolute atomic E-state index is 13.0. The van der Waals surface area contributed by atoms with Crippen molar-refractivity contribution in [3.05, 3.63) is 53.6 Å². The van der Waals surface area contributed by atoms with Crippen LogP contribution in [0.1, 0.15) is 38.3 Å². The van der Waals surface area contributed by atoms with Crippen LogP contribution in [0, 0.1) is 0 Å². The number of ether oxygens (including phenoxy) is 2. The van der Waals surface area contributed by atoms with Crippen LogP contribution in [0.15, 0.2) is 47.4 Å². The number of aryl methyl sites for hydroxylation is 2. The Hall–Kier alpha value is -2.42. The molecule has 1 amide bonds. The second-order valence-electron chi connectivity index (χ2n) is 8.06. The number of anilines is 1. The highest BCUT2D eigenvalue weighted by Crippen LogP contribution is 2.30. The third-order valence-corrected chi connectivity index (χ3v) is 7.16. The zero-order valence-corrected chi connectivity index (χ0v) is 19.8. The molecule has 1 heterocycles. The molecule has 1 fully saturated rings. The van der Waals surface area contributed by atoms with Crippen LogP contribution < -0.4 is 10.1 Å². The lowest BCUT2D eigenvalue weighted by molar-refractivity contribution is -0.116. The van der Waals surface area contributed by atoms with Gasteiger partial charge in [0.2, 0.25) is 15.9 Å². The lowest BCUT2D eigenvalue weighted by Gasteiger charge is -2.26. The topological polar surface area (TPSA) is 84.9 Å². The van der Waals surface area contributed by atoms with Crippen molar-refractivity contribution in [1.82, 2.24) is 4.31 Å². The molecule has 0 saturated carbocycles. The molecule has 0 unspecified atom stereocenters. The molecule has 2 aromatic rings. The molecule has 0 atom stereocenters. The number of benzene rings is 2. The van der Waals surface area contributed by atoms with Crippen LogP contribution in [-0.2, 0) is 32.4 Å². The highest BCUT2D eigenvalue weighted by molar-refractivity contribution is 7.89. The lowest BCUT2D eigenvalue weighted by atomic mass is 10.1. The van der Waals surface area contributed by atoms with Crippen molar-refractivity contribution < 1.29 is 22.7 Å². The summed E-state index contributed by atoms with van der Waals surface area (Å²) >= 11 is 0. The minimum atomic E-state index is -3.68. The van der Waals surface area contributed by atoms with Crippen molar-refractivity contribution >= 4 is 21.6 Å². The van der Waals surface area contributed by atoms with E-state index in [1.165, 1.54) is 22.0 Å². The second kappa shape index (κ2) is 10.9. The summed E-state index contributed by atoms with van der Waals surface area (Å²) in [6.07, 6.45) is 1.74. The van der Waals surface area contributed by atoms with Crippen LogP contribution in [0.5, 0.6) is 5.75 Å². The average Bonchev–Trinajstić information content (AvgIpc) is 2.79. The van der Waals surface area contributed by atoms with E-state index in [-0.39, 0.29) is 23.3 Å². The molecule has 1 N–H and O–H groups in total. The number of morpholine rings is 1. The van der Waals surface area contributed by atoms with Crippen LogP contribution in [0.25, 0.3) is 0 Å². The number of carbonyl (C=O) groups is 1. The first-order valence-electron chi connectivity index (χ1n) is 11.1. The van der Waals surface area contributed by atoms with Gasteiger partial charge in [0, 0.05) is 19.5 Å². The summed E-state index contributed by atoms with van der Waals surface area (Å²) in [6.45, 7) is 7.23. The van der Waals surface area contributed by atoms with Crippen molar-refractivity contribution in [2.75, 3.05) is 31.6 Å². The van der Waals surface area contributed by atoms with Gasteiger partial charge < -0.3 is 14.8 Å². The molecule has 1 aliphatic rings. The van der Waals surface area contributed by atoms with Gasteiger partial charge >= 0.3 is 0 Å². The Morgan fingerprint density at radius 1 is 1.09 bits per heavy atom. The maximum Gasteiger partial charge on any atom is 0.243 e. The van der Waals surface area contributed by atoms with Crippen molar-refractivity contribution in [3.8, 4) is 5.75 Å². The normalized spacial score (nSPS) is 15.0. The molecule has 0 aromatic heterocycles. The minimum absolute atomic E-state index is 0.121. The molecule has 0 spiro atoms. The lowest BCUT2D eigenvalue weighted by Crippen LogP contribution is -2.40. The summed E-state index contributed by atoms with van der Waals surface area (Å²) in [4.78, 5) is 12.8. The fourth-order valence-corrected chi connectivity index (χ4v) is 4.91. The Morgan fingerprint density at radius 2 is 1.75 bits per heavy atom. The van der Waals surface area contributed by atoms with Gasteiger partial charge in [-0.25, -0.2) is 8.42 Å². The average molecular weight is 461 g/mol. The Labute approximate surface area is 190 Å². The van der Waals surface area contributed by atoms with Gasteiger partial charge in [-0.15, -0.1) is 0 Å². The van der Waals surface area contributed by atoms with Crippen LogP contribution in [-0.4, -0.2) is 51.0 Å². The van der Waals surface area contributed by atoms with Gasteiger partial charge in [-0.05, 0) is 56.0 Å². The predicted molar refractivity (Wildman–Crippen MR) is 125 cm³/mol.